The van der Waals surface area contributed by atoms with E-state index in [1.54, 1.807) is 7.11 Å². The summed E-state index contributed by atoms with van der Waals surface area (Å²) >= 11 is 0. The van der Waals surface area contributed by atoms with Crippen molar-refractivity contribution in [2.24, 2.45) is 0 Å². The van der Waals surface area contributed by atoms with Crippen LogP contribution in [0.15, 0.2) is 34.9 Å². The minimum Gasteiger partial charge on any atom is -0.497 e. The Bertz CT molecular complexity index is 984. The molecule has 0 unspecified atom stereocenters. The Kier molecular flexibility index (Phi) is 6.08. The highest BCUT2D eigenvalue weighted by Gasteiger charge is 2.22. The number of hydrogen-bond acceptors (Lipinski definition) is 9. The van der Waals surface area contributed by atoms with Gasteiger partial charge in [0, 0.05) is 43.5 Å². The third-order valence-corrected chi connectivity index (χ3v) is 4.92. The van der Waals surface area contributed by atoms with E-state index >= 15 is 0 Å². The van der Waals surface area contributed by atoms with Crippen LogP contribution in [0, 0.1) is 6.92 Å². The molecule has 2 aromatic heterocycles. The van der Waals surface area contributed by atoms with Gasteiger partial charge in [-0.1, -0.05) is 17.3 Å². The highest BCUT2D eigenvalue weighted by Crippen LogP contribution is 2.22. The standard InChI is InChI=1S/C21H26N6O3/c1-4-29-18-12-15(2)22-21(24-18)27-10-8-26(9-11-27)14-19-23-20(25-30-19)16-6-5-7-17(13-16)28-3/h5-7,12-13H,4,8-11,14H2,1-3H3. The van der Waals surface area contributed by atoms with Crippen LogP contribution >= 0.6 is 0 Å². The third-order valence-electron chi connectivity index (χ3n) is 4.92. The summed E-state index contributed by atoms with van der Waals surface area (Å²) in [5.74, 6) is 3.28. The van der Waals surface area contributed by atoms with Gasteiger partial charge in [-0.3, -0.25) is 4.90 Å². The molecule has 0 bridgehead atoms. The van der Waals surface area contributed by atoms with E-state index in [9.17, 15) is 0 Å². The molecule has 3 aromatic rings. The maximum Gasteiger partial charge on any atom is 0.241 e. The number of ether oxygens (including phenoxy) is 2. The van der Waals surface area contributed by atoms with Crippen LogP contribution in [0.4, 0.5) is 5.95 Å². The average molecular weight is 410 g/mol. The Morgan fingerprint density at radius 3 is 2.67 bits per heavy atom. The van der Waals surface area contributed by atoms with Crippen LogP contribution in [0.1, 0.15) is 18.5 Å². The third kappa shape index (κ3) is 4.68. The number of hydrogen-bond donors (Lipinski definition) is 0. The van der Waals surface area contributed by atoms with E-state index in [0.717, 1.165) is 49.1 Å². The Balaban J connectivity index is 1.36. The molecule has 0 saturated carbocycles. The fraction of sp³-hybridized carbons (Fsp3) is 0.429. The zero-order chi connectivity index (χ0) is 20.9. The Labute approximate surface area is 175 Å². The van der Waals surface area contributed by atoms with Crippen molar-refractivity contribution in [3.05, 3.63) is 41.9 Å². The maximum absolute atomic E-state index is 5.55. The van der Waals surface area contributed by atoms with Crippen molar-refractivity contribution in [1.29, 1.82) is 0 Å². The van der Waals surface area contributed by atoms with E-state index in [-0.39, 0.29) is 0 Å². The highest BCUT2D eigenvalue weighted by molar-refractivity contribution is 5.56. The first-order valence-electron chi connectivity index (χ1n) is 10.1. The van der Waals surface area contributed by atoms with Crippen LogP contribution < -0.4 is 14.4 Å². The second-order valence-corrected chi connectivity index (χ2v) is 7.09. The number of benzene rings is 1. The number of methoxy groups -OCH3 is 1. The first kappa shape index (κ1) is 20.1. The van der Waals surface area contributed by atoms with Gasteiger partial charge in [0.15, 0.2) is 0 Å². The zero-order valence-corrected chi connectivity index (χ0v) is 17.5. The van der Waals surface area contributed by atoms with Crippen molar-refractivity contribution in [3.8, 4) is 23.0 Å². The van der Waals surface area contributed by atoms with Gasteiger partial charge in [-0.15, -0.1) is 0 Å². The molecular formula is C21H26N6O3. The predicted molar refractivity (Wildman–Crippen MR) is 112 cm³/mol. The SMILES string of the molecule is CCOc1cc(C)nc(N2CCN(Cc3nc(-c4cccc(OC)c4)no3)CC2)n1. The van der Waals surface area contributed by atoms with E-state index < -0.39 is 0 Å². The molecule has 0 N–H and O–H groups in total. The second kappa shape index (κ2) is 9.08. The van der Waals surface area contributed by atoms with Gasteiger partial charge in [-0.2, -0.15) is 9.97 Å². The largest absolute Gasteiger partial charge is 0.497 e. The Morgan fingerprint density at radius 2 is 1.90 bits per heavy atom. The van der Waals surface area contributed by atoms with E-state index in [0.29, 0.717) is 30.7 Å². The summed E-state index contributed by atoms with van der Waals surface area (Å²) in [4.78, 5) is 18.1. The van der Waals surface area contributed by atoms with Crippen LogP contribution in [0.2, 0.25) is 0 Å². The summed E-state index contributed by atoms with van der Waals surface area (Å²) in [7, 11) is 1.64. The molecule has 9 heteroatoms. The predicted octanol–water partition coefficient (Wildman–Crippen LogP) is 2.56. The molecule has 0 atom stereocenters. The first-order chi connectivity index (χ1) is 14.6. The number of nitrogens with zero attached hydrogens (tertiary/aromatic N) is 6. The van der Waals surface area contributed by atoms with Crippen LogP contribution in [-0.4, -0.2) is 64.9 Å². The molecule has 0 radical (unpaired) electrons. The minimum absolute atomic E-state index is 0.569. The van der Waals surface area contributed by atoms with Crippen molar-refractivity contribution in [2.45, 2.75) is 20.4 Å². The molecule has 1 aliphatic rings. The number of aryl methyl sites for hydroxylation is 1. The molecule has 30 heavy (non-hydrogen) atoms. The average Bonchev–Trinajstić information content (AvgIpc) is 3.23. The van der Waals surface area contributed by atoms with Crippen molar-refractivity contribution in [1.82, 2.24) is 25.0 Å². The lowest BCUT2D eigenvalue weighted by Gasteiger charge is -2.34. The topological polar surface area (TPSA) is 89.6 Å². The summed E-state index contributed by atoms with van der Waals surface area (Å²) in [6, 6.07) is 9.49. The van der Waals surface area contributed by atoms with Crippen LogP contribution in [0.3, 0.4) is 0 Å². The minimum atomic E-state index is 0.569. The van der Waals surface area contributed by atoms with Crippen LogP contribution in [0.25, 0.3) is 11.4 Å². The summed E-state index contributed by atoms with van der Waals surface area (Å²) in [5.41, 5.74) is 1.78. The highest BCUT2D eigenvalue weighted by atomic mass is 16.5. The Morgan fingerprint density at radius 1 is 1.07 bits per heavy atom. The van der Waals surface area contributed by atoms with Gasteiger partial charge in [0.2, 0.25) is 23.5 Å². The van der Waals surface area contributed by atoms with Gasteiger partial charge in [0.05, 0.1) is 20.3 Å². The van der Waals surface area contributed by atoms with Crippen molar-refractivity contribution in [3.63, 3.8) is 0 Å². The molecule has 1 fully saturated rings. The summed E-state index contributed by atoms with van der Waals surface area (Å²) in [6.07, 6.45) is 0. The molecule has 1 aromatic carbocycles. The van der Waals surface area contributed by atoms with Gasteiger partial charge in [0.25, 0.3) is 0 Å². The molecule has 0 spiro atoms. The molecule has 0 amide bonds. The lowest BCUT2D eigenvalue weighted by atomic mass is 10.2. The molecule has 1 saturated heterocycles. The number of rotatable bonds is 7. The Hall–Kier alpha value is -3.20. The van der Waals surface area contributed by atoms with E-state index in [4.69, 9.17) is 14.0 Å². The van der Waals surface area contributed by atoms with Crippen molar-refractivity contribution < 1.29 is 14.0 Å². The monoisotopic (exact) mass is 410 g/mol. The van der Waals surface area contributed by atoms with E-state index in [1.165, 1.54) is 0 Å². The molecule has 4 rings (SSSR count). The van der Waals surface area contributed by atoms with Gasteiger partial charge in [-0.25, -0.2) is 4.98 Å². The second-order valence-electron chi connectivity index (χ2n) is 7.09. The van der Waals surface area contributed by atoms with Gasteiger partial charge in [0.1, 0.15) is 5.75 Å². The smallest absolute Gasteiger partial charge is 0.241 e. The molecule has 1 aliphatic heterocycles. The van der Waals surface area contributed by atoms with Gasteiger partial charge < -0.3 is 18.9 Å². The fourth-order valence-corrected chi connectivity index (χ4v) is 3.38. The first-order valence-corrected chi connectivity index (χ1v) is 10.1. The van der Waals surface area contributed by atoms with Gasteiger partial charge >= 0.3 is 0 Å². The zero-order valence-electron chi connectivity index (χ0n) is 17.5. The molecule has 0 aliphatic carbocycles. The van der Waals surface area contributed by atoms with Crippen LogP contribution in [-0.2, 0) is 6.54 Å². The van der Waals surface area contributed by atoms with Crippen molar-refractivity contribution >= 4 is 5.95 Å². The lowest BCUT2D eigenvalue weighted by molar-refractivity contribution is 0.214. The number of anilines is 1. The van der Waals surface area contributed by atoms with Crippen molar-refractivity contribution in [2.75, 3.05) is 44.8 Å². The lowest BCUT2D eigenvalue weighted by Crippen LogP contribution is -2.46. The fourth-order valence-electron chi connectivity index (χ4n) is 3.38. The number of piperazine rings is 1. The van der Waals surface area contributed by atoms with E-state index in [2.05, 4.69) is 29.9 Å². The summed E-state index contributed by atoms with van der Waals surface area (Å²) in [5, 5.41) is 4.11. The maximum atomic E-state index is 5.55. The number of aromatic nitrogens is 4. The van der Waals surface area contributed by atoms with Gasteiger partial charge in [-0.05, 0) is 26.0 Å². The normalized spacial score (nSPS) is 14.7. The molecule has 158 valence electrons. The molecular weight excluding hydrogens is 384 g/mol. The quantitative estimate of drug-likeness (QED) is 0.583. The summed E-state index contributed by atoms with van der Waals surface area (Å²) in [6.45, 7) is 8.48. The summed E-state index contributed by atoms with van der Waals surface area (Å²) < 4.78 is 16.3. The molecule has 3 heterocycles. The van der Waals surface area contributed by atoms with Crippen LogP contribution in [0.5, 0.6) is 11.6 Å². The molecule has 9 nitrogen and oxygen atoms in total. The van der Waals surface area contributed by atoms with E-state index in [1.807, 2.05) is 44.2 Å².